The Morgan fingerprint density at radius 3 is 2.33 bits per heavy atom. The molecule has 7 heteroatoms. The first-order chi connectivity index (χ1) is 13.1. The number of fused-ring (bicyclic) bond motifs is 1. The molecule has 3 rings (SSSR count). The first-order valence-electron chi connectivity index (χ1n) is 8.78. The van der Waals surface area contributed by atoms with E-state index in [1.54, 1.807) is 12.1 Å². The number of thiophene rings is 1. The number of carbonyl (C=O) groups excluding carboxylic acids is 1. The highest BCUT2D eigenvalue weighted by atomic mass is 32.1. The van der Waals surface area contributed by atoms with E-state index in [0.29, 0.717) is 33.4 Å². The van der Waals surface area contributed by atoms with Crippen molar-refractivity contribution in [3.63, 3.8) is 0 Å². The number of nitriles is 1. The predicted octanol–water partition coefficient (Wildman–Crippen LogP) is 4.17. The highest BCUT2D eigenvalue weighted by Gasteiger charge is 2.23. The Morgan fingerprint density at radius 1 is 1.07 bits per heavy atom. The maximum atomic E-state index is 12.8. The SMILES string of the molecule is COc1cc(C(=O)Nc2sc3c(c2C#N)CCCCC3)cc(OC)c1OC. The molecular weight excluding hydrogens is 364 g/mol. The van der Waals surface area contributed by atoms with Crippen molar-refractivity contribution in [1.82, 2.24) is 0 Å². The van der Waals surface area contributed by atoms with Gasteiger partial charge >= 0.3 is 0 Å². The minimum Gasteiger partial charge on any atom is -0.493 e. The van der Waals surface area contributed by atoms with Crippen LogP contribution in [0.25, 0.3) is 0 Å². The fourth-order valence-corrected chi connectivity index (χ4v) is 4.57. The molecule has 6 nitrogen and oxygen atoms in total. The zero-order chi connectivity index (χ0) is 19.4. The number of amides is 1. The molecule has 1 amide bonds. The van der Waals surface area contributed by atoms with Crippen LogP contribution in [0.15, 0.2) is 12.1 Å². The monoisotopic (exact) mass is 386 g/mol. The third-order valence-corrected chi connectivity index (χ3v) is 5.89. The molecule has 2 aromatic rings. The number of benzene rings is 1. The molecule has 0 saturated heterocycles. The van der Waals surface area contributed by atoms with Gasteiger partial charge < -0.3 is 19.5 Å². The molecule has 0 bridgehead atoms. The maximum absolute atomic E-state index is 12.8. The van der Waals surface area contributed by atoms with Crippen molar-refractivity contribution < 1.29 is 19.0 Å². The summed E-state index contributed by atoms with van der Waals surface area (Å²) in [5.74, 6) is 0.924. The van der Waals surface area contributed by atoms with Crippen LogP contribution in [0, 0.1) is 11.3 Å². The van der Waals surface area contributed by atoms with E-state index >= 15 is 0 Å². The highest BCUT2D eigenvalue weighted by Crippen LogP contribution is 2.40. The molecule has 1 aliphatic rings. The van der Waals surface area contributed by atoms with E-state index in [9.17, 15) is 10.1 Å². The topological polar surface area (TPSA) is 80.6 Å². The van der Waals surface area contributed by atoms with Crippen LogP contribution in [-0.2, 0) is 12.8 Å². The minimum absolute atomic E-state index is 0.317. The second-order valence-corrected chi connectivity index (χ2v) is 7.35. The van der Waals surface area contributed by atoms with Gasteiger partial charge in [-0.2, -0.15) is 5.26 Å². The molecule has 27 heavy (non-hydrogen) atoms. The predicted molar refractivity (Wildman–Crippen MR) is 104 cm³/mol. The average Bonchev–Trinajstić information content (AvgIpc) is 2.85. The zero-order valence-corrected chi connectivity index (χ0v) is 16.5. The lowest BCUT2D eigenvalue weighted by molar-refractivity contribution is 0.102. The summed E-state index contributed by atoms with van der Waals surface area (Å²) in [6, 6.07) is 5.47. The Morgan fingerprint density at radius 2 is 1.74 bits per heavy atom. The number of hydrogen-bond acceptors (Lipinski definition) is 6. The van der Waals surface area contributed by atoms with Crippen LogP contribution in [-0.4, -0.2) is 27.2 Å². The Labute approximate surface area is 162 Å². The van der Waals surface area contributed by atoms with Gasteiger partial charge in [-0.25, -0.2) is 0 Å². The van der Waals surface area contributed by atoms with Gasteiger partial charge in [0.05, 0.1) is 26.9 Å². The van der Waals surface area contributed by atoms with Crippen molar-refractivity contribution in [3.05, 3.63) is 33.7 Å². The fourth-order valence-electron chi connectivity index (χ4n) is 3.34. The second kappa shape index (κ2) is 8.31. The molecule has 0 saturated carbocycles. The number of rotatable bonds is 5. The summed E-state index contributed by atoms with van der Waals surface area (Å²) in [4.78, 5) is 14.0. The lowest BCUT2D eigenvalue weighted by Crippen LogP contribution is -2.12. The van der Waals surface area contributed by atoms with E-state index in [0.717, 1.165) is 31.2 Å². The number of aryl methyl sites for hydroxylation is 1. The quantitative estimate of drug-likeness (QED) is 0.780. The van der Waals surface area contributed by atoms with Crippen molar-refractivity contribution in [3.8, 4) is 23.3 Å². The van der Waals surface area contributed by atoms with Gasteiger partial charge in [-0.15, -0.1) is 11.3 Å². The number of nitrogens with zero attached hydrogens (tertiary/aromatic N) is 1. The van der Waals surface area contributed by atoms with E-state index in [4.69, 9.17) is 14.2 Å². The summed E-state index contributed by atoms with van der Waals surface area (Å²) < 4.78 is 15.9. The first-order valence-corrected chi connectivity index (χ1v) is 9.60. The number of ether oxygens (including phenoxy) is 3. The molecule has 0 unspecified atom stereocenters. The van der Waals surface area contributed by atoms with Crippen molar-refractivity contribution in [2.24, 2.45) is 0 Å². The molecule has 1 aromatic heterocycles. The number of methoxy groups -OCH3 is 3. The van der Waals surface area contributed by atoms with Crippen molar-refractivity contribution in [2.45, 2.75) is 32.1 Å². The smallest absolute Gasteiger partial charge is 0.256 e. The zero-order valence-electron chi connectivity index (χ0n) is 15.7. The minimum atomic E-state index is -0.317. The van der Waals surface area contributed by atoms with Crippen LogP contribution in [0.3, 0.4) is 0 Å². The van der Waals surface area contributed by atoms with Gasteiger partial charge in [0.2, 0.25) is 5.75 Å². The lowest BCUT2D eigenvalue weighted by atomic mass is 10.1. The molecule has 1 N–H and O–H groups in total. The van der Waals surface area contributed by atoms with Crippen molar-refractivity contribution >= 4 is 22.2 Å². The van der Waals surface area contributed by atoms with E-state index in [-0.39, 0.29) is 5.91 Å². The van der Waals surface area contributed by atoms with Crippen LogP contribution in [0.2, 0.25) is 0 Å². The third kappa shape index (κ3) is 3.71. The number of nitrogens with one attached hydrogen (secondary N) is 1. The van der Waals surface area contributed by atoms with Gasteiger partial charge in [0.25, 0.3) is 5.91 Å². The molecule has 1 heterocycles. The number of hydrogen-bond donors (Lipinski definition) is 1. The van der Waals surface area contributed by atoms with Crippen molar-refractivity contribution in [1.29, 1.82) is 5.26 Å². The number of carbonyl (C=O) groups is 1. The highest BCUT2D eigenvalue weighted by molar-refractivity contribution is 7.16. The van der Waals surface area contributed by atoms with Crippen LogP contribution in [0.5, 0.6) is 17.2 Å². The maximum Gasteiger partial charge on any atom is 0.256 e. The summed E-state index contributed by atoms with van der Waals surface area (Å²) in [6.45, 7) is 0. The molecule has 0 spiro atoms. The van der Waals surface area contributed by atoms with Gasteiger partial charge in [0, 0.05) is 10.4 Å². The van der Waals surface area contributed by atoms with Gasteiger partial charge in [-0.05, 0) is 43.4 Å². The van der Waals surface area contributed by atoms with Crippen LogP contribution < -0.4 is 19.5 Å². The lowest BCUT2D eigenvalue weighted by Gasteiger charge is -2.14. The van der Waals surface area contributed by atoms with E-state index in [1.165, 1.54) is 44.0 Å². The normalized spacial score (nSPS) is 13.1. The van der Waals surface area contributed by atoms with Gasteiger partial charge in [0.1, 0.15) is 11.1 Å². The summed E-state index contributed by atoms with van der Waals surface area (Å²) in [6.07, 6.45) is 5.25. The van der Waals surface area contributed by atoms with E-state index in [1.807, 2.05) is 0 Å². The van der Waals surface area contributed by atoms with E-state index in [2.05, 4.69) is 11.4 Å². The largest absolute Gasteiger partial charge is 0.493 e. The Balaban J connectivity index is 1.93. The Hall–Kier alpha value is -2.72. The van der Waals surface area contributed by atoms with E-state index < -0.39 is 0 Å². The molecule has 0 radical (unpaired) electrons. The number of anilines is 1. The molecule has 0 aliphatic heterocycles. The standard InChI is InChI=1S/C20H22N2O4S/c1-24-15-9-12(10-16(25-2)18(15)26-3)19(23)22-20-14(11-21)13-7-5-4-6-8-17(13)27-20/h9-10H,4-8H2,1-3H3,(H,22,23). The molecule has 0 atom stereocenters. The third-order valence-electron chi connectivity index (χ3n) is 4.69. The van der Waals surface area contributed by atoms with Crippen LogP contribution in [0.1, 0.15) is 45.6 Å². The summed E-state index contributed by atoms with van der Waals surface area (Å²) in [5, 5.41) is 13.1. The average molecular weight is 386 g/mol. The van der Waals surface area contributed by atoms with Gasteiger partial charge in [0.15, 0.2) is 11.5 Å². The first kappa shape index (κ1) is 19.1. The molecule has 142 valence electrons. The summed E-state index contributed by atoms with van der Waals surface area (Å²) in [7, 11) is 4.52. The van der Waals surface area contributed by atoms with Crippen molar-refractivity contribution in [2.75, 3.05) is 26.6 Å². The van der Waals surface area contributed by atoms with Gasteiger partial charge in [-0.1, -0.05) is 6.42 Å². The fraction of sp³-hybridized carbons (Fsp3) is 0.400. The molecular formula is C20H22N2O4S. The second-order valence-electron chi connectivity index (χ2n) is 6.25. The molecule has 0 fully saturated rings. The Bertz CT molecular complexity index is 873. The summed E-state index contributed by atoms with van der Waals surface area (Å²) in [5.41, 5.74) is 2.06. The van der Waals surface area contributed by atoms with Gasteiger partial charge in [-0.3, -0.25) is 4.79 Å². The molecule has 1 aliphatic carbocycles. The summed E-state index contributed by atoms with van der Waals surface area (Å²) >= 11 is 1.51. The Kier molecular flexibility index (Phi) is 5.87. The van der Waals surface area contributed by atoms with Crippen LogP contribution >= 0.6 is 11.3 Å². The molecule has 1 aromatic carbocycles. The van der Waals surface area contributed by atoms with Crippen LogP contribution in [0.4, 0.5) is 5.00 Å².